The number of carbonyl (C=O) groups is 1. The molecule has 0 radical (unpaired) electrons. The van der Waals surface area contributed by atoms with Gasteiger partial charge in [-0.25, -0.2) is 0 Å². The minimum atomic E-state index is -0.819. The van der Waals surface area contributed by atoms with E-state index in [0.717, 1.165) is 19.3 Å². The minimum Gasteiger partial charge on any atom is -0.480 e. The molecule has 0 aromatic carbocycles. The Morgan fingerprint density at radius 2 is 1.86 bits per heavy atom. The van der Waals surface area contributed by atoms with Crippen molar-refractivity contribution in [1.82, 2.24) is 0 Å². The molecule has 0 amide bonds. The summed E-state index contributed by atoms with van der Waals surface area (Å²) in [5, 5.41) is 9.35. The third kappa shape index (κ3) is 1.52. The molecule has 1 aliphatic carbocycles. The SMILES string of the molecule is CC#CC1(C(=O)O)CCCCC1(C)C. The average Bonchev–Trinajstić information content (AvgIpc) is 2.08. The highest BCUT2D eigenvalue weighted by Gasteiger charge is 2.51. The van der Waals surface area contributed by atoms with E-state index in [1.165, 1.54) is 0 Å². The Morgan fingerprint density at radius 1 is 1.29 bits per heavy atom. The van der Waals surface area contributed by atoms with Crippen molar-refractivity contribution in [2.75, 3.05) is 0 Å². The Morgan fingerprint density at radius 3 is 2.29 bits per heavy atom. The minimum absolute atomic E-state index is 0.208. The first-order valence-electron chi connectivity index (χ1n) is 5.13. The number of hydrogen-bond donors (Lipinski definition) is 1. The maximum atomic E-state index is 11.4. The molecule has 0 aromatic heterocycles. The summed E-state index contributed by atoms with van der Waals surface area (Å²) >= 11 is 0. The van der Waals surface area contributed by atoms with E-state index in [1.54, 1.807) is 6.92 Å². The lowest BCUT2D eigenvalue weighted by Gasteiger charge is -2.43. The third-order valence-corrected chi connectivity index (χ3v) is 3.46. The molecule has 0 aromatic rings. The van der Waals surface area contributed by atoms with Gasteiger partial charge in [-0.15, -0.1) is 5.92 Å². The molecule has 1 aliphatic rings. The molecule has 0 bridgehead atoms. The summed E-state index contributed by atoms with van der Waals surface area (Å²) < 4.78 is 0. The molecular weight excluding hydrogens is 176 g/mol. The van der Waals surface area contributed by atoms with E-state index >= 15 is 0 Å². The smallest absolute Gasteiger partial charge is 0.322 e. The van der Waals surface area contributed by atoms with Crippen LogP contribution in [0.2, 0.25) is 0 Å². The predicted molar refractivity (Wildman–Crippen MR) is 55.8 cm³/mol. The quantitative estimate of drug-likeness (QED) is 0.652. The zero-order valence-corrected chi connectivity index (χ0v) is 9.18. The van der Waals surface area contributed by atoms with Gasteiger partial charge in [0.05, 0.1) is 0 Å². The van der Waals surface area contributed by atoms with Gasteiger partial charge in [0.15, 0.2) is 0 Å². The monoisotopic (exact) mass is 194 g/mol. The van der Waals surface area contributed by atoms with Gasteiger partial charge in [-0.2, -0.15) is 0 Å². The standard InChI is InChI=1S/C12H18O2/c1-4-7-12(10(13)14)9-6-5-8-11(12,2)3/h5-6,8-9H2,1-3H3,(H,13,14). The number of aliphatic carboxylic acids is 1. The van der Waals surface area contributed by atoms with Gasteiger partial charge in [0.2, 0.25) is 0 Å². The summed E-state index contributed by atoms with van der Waals surface area (Å²) in [6.07, 6.45) is 3.74. The lowest BCUT2D eigenvalue weighted by Crippen LogP contribution is -2.45. The molecule has 0 saturated heterocycles. The van der Waals surface area contributed by atoms with Gasteiger partial charge in [0, 0.05) is 0 Å². The van der Waals surface area contributed by atoms with Gasteiger partial charge in [-0.05, 0) is 25.2 Å². The summed E-state index contributed by atoms with van der Waals surface area (Å²) in [5.41, 5.74) is -1.03. The number of carboxylic acids is 1. The van der Waals surface area contributed by atoms with Crippen LogP contribution in [-0.2, 0) is 4.79 Å². The fourth-order valence-corrected chi connectivity index (χ4v) is 2.40. The Hall–Kier alpha value is -0.970. The molecule has 1 rings (SSSR count). The number of hydrogen-bond acceptors (Lipinski definition) is 1. The average molecular weight is 194 g/mol. The molecule has 1 fully saturated rings. The van der Waals surface area contributed by atoms with Crippen LogP contribution in [-0.4, -0.2) is 11.1 Å². The van der Waals surface area contributed by atoms with Crippen molar-refractivity contribution >= 4 is 5.97 Å². The zero-order valence-electron chi connectivity index (χ0n) is 9.18. The van der Waals surface area contributed by atoms with E-state index in [9.17, 15) is 9.90 Å². The van der Waals surface area contributed by atoms with E-state index in [-0.39, 0.29) is 5.41 Å². The lowest BCUT2D eigenvalue weighted by atomic mass is 9.58. The maximum Gasteiger partial charge on any atom is 0.322 e. The van der Waals surface area contributed by atoms with E-state index in [0.29, 0.717) is 6.42 Å². The summed E-state index contributed by atoms with van der Waals surface area (Å²) in [7, 11) is 0. The molecule has 1 saturated carbocycles. The summed E-state index contributed by atoms with van der Waals surface area (Å²) in [6.45, 7) is 5.75. The van der Waals surface area contributed by atoms with Crippen LogP contribution < -0.4 is 0 Å². The molecule has 0 aliphatic heterocycles. The van der Waals surface area contributed by atoms with Crippen LogP contribution in [0.25, 0.3) is 0 Å². The van der Waals surface area contributed by atoms with Crippen LogP contribution in [0.4, 0.5) is 0 Å². The molecular formula is C12H18O2. The van der Waals surface area contributed by atoms with Crippen LogP contribution in [0, 0.1) is 22.7 Å². The fraction of sp³-hybridized carbons (Fsp3) is 0.750. The number of carboxylic acid groups (broad SMARTS) is 1. The second-order valence-corrected chi connectivity index (χ2v) is 4.68. The highest BCUT2D eigenvalue weighted by atomic mass is 16.4. The Kier molecular flexibility index (Phi) is 2.89. The first-order valence-corrected chi connectivity index (χ1v) is 5.13. The topological polar surface area (TPSA) is 37.3 Å². The Labute approximate surface area is 85.7 Å². The molecule has 1 N–H and O–H groups in total. The van der Waals surface area contributed by atoms with Gasteiger partial charge >= 0.3 is 5.97 Å². The van der Waals surface area contributed by atoms with Crippen molar-refractivity contribution in [1.29, 1.82) is 0 Å². The van der Waals surface area contributed by atoms with Gasteiger partial charge in [-0.1, -0.05) is 32.6 Å². The molecule has 0 heterocycles. The molecule has 1 unspecified atom stereocenters. The molecule has 2 heteroatoms. The maximum absolute atomic E-state index is 11.4. The lowest BCUT2D eigenvalue weighted by molar-refractivity contribution is -0.154. The van der Waals surface area contributed by atoms with Gasteiger partial charge < -0.3 is 5.11 Å². The largest absolute Gasteiger partial charge is 0.480 e. The summed E-state index contributed by atoms with van der Waals surface area (Å²) in [5.74, 6) is 4.97. The molecule has 2 nitrogen and oxygen atoms in total. The molecule has 0 spiro atoms. The molecule has 1 atom stereocenters. The third-order valence-electron chi connectivity index (χ3n) is 3.46. The second-order valence-electron chi connectivity index (χ2n) is 4.68. The second kappa shape index (κ2) is 3.65. The molecule has 78 valence electrons. The molecule has 14 heavy (non-hydrogen) atoms. The number of rotatable bonds is 1. The zero-order chi connectivity index (χ0) is 10.8. The Balaban J connectivity index is 3.15. The fourth-order valence-electron chi connectivity index (χ4n) is 2.40. The first kappa shape index (κ1) is 11.1. The van der Waals surface area contributed by atoms with Crippen molar-refractivity contribution in [2.45, 2.75) is 46.5 Å². The van der Waals surface area contributed by atoms with Gasteiger partial charge in [0.1, 0.15) is 5.41 Å². The Bertz CT molecular complexity index is 293. The summed E-state index contributed by atoms with van der Waals surface area (Å²) in [6, 6.07) is 0. The summed E-state index contributed by atoms with van der Waals surface area (Å²) in [4.78, 5) is 11.4. The van der Waals surface area contributed by atoms with E-state index < -0.39 is 11.4 Å². The van der Waals surface area contributed by atoms with Crippen LogP contribution in [0.15, 0.2) is 0 Å². The highest BCUT2D eigenvalue weighted by Crippen LogP contribution is 2.50. The van der Waals surface area contributed by atoms with Crippen molar-refractivity contribution < 1.29 is 9.90 Å². The van der Waals surface area contributed by atoms with Crippen molar-refractivity contribution in [3.05, 3.63) is 0 Å². The van der Waals surface area contributed by atoms with Crippen LogP contribution in [0.1, 0.15) is 46.5 Å². The first-order chi connectivity index (χ1) is 6.46. The van der Waals surface area contributed by atoms with Gasteiger partial charge in [-0.3, -0.25) is 4.79 Å². The van der Waals surface area contributed by atoms with Crippen LogP contribution in [0.3, 0.4) is 0 Å². The van der Waals surface area contributed by atoms with E-state index in [1.807, 2.05) is 13.8 Å². The van der Waals surface area contributed by atoms with Crippen molar-refractivity contribution in [3.8, 4) is 11.8 Å². The van der Waals surface area contributed by atoms with Crippen LogP contribution in [0.5, 0.6) is 0 Å². The van der Waals surface area contributed by atoms with E-state index in [4.69, 9.17) is 0 Å². The van der Waals surface area contributed by atoms with Crippen molar-refractivity contribution in [2.24, 2.45) is 10.8 Å². The van der Waals surface area contributed by atoms with Gasteiger partial charge in [0.25, 0.3) is 0 Å². The van der Waals surface area contributed by atoms with Crippen LogP contribution >= 0.6 is 0 Å². The normalized spacial score (nSPS) is 30.2. The van der Waals surface area contributed by atoms with E-state index in [2.05, 4.69) is 11.8 Å². The predicted octanol–water partition coefficient (Wildman–Crippen LogP) is 2.68. The highest BCUT2D eigenvalue weighted by molar-refractivity contribution is 5.80. The van der Waals surface area contributed by atoms with Crippen molar-refractivity contribution in [3.63, 3.8) is 0 Å².